The third-order valence-electron chi connectivity index (χ3n) is 2.84. The Balaban J connectivity index is 1.96. The maximum absolute atomic E-state index is 13.2. The fraction of sp³-hybridized carbons (Fsp3) is 0.364. The quantitative estimate of drug-likeness (QED) is 0.772. The lowest BCUT2D eigenvalue weighted by Gasteiger charge is -2.46. The van der Waals surface area contributed by atoms with Gasteiger partial charge >= 0.3 is 12.2 Å². The second-order valence-electron chi connectivity index (χ2n) is 4.30. The molecule has 0 bridgehead atoms. The zero-order valence-corrected chi connectivity index (χ0v) is 9.54. The number of hydrogen-bond donors (Lipinski definition) is 2. The Morgan fingerprint density at radius 2 is 1.89 bits per heavy atom. The topological polar surface area (TPSA) is 52.6 Å². The molecule has 2 amide bonds. The molecule has 1 aromatic rings. The van der Waals surface area contributed by atoms with Crippen LogP contribution in [0.5, 0.6) is 0 Å². The molecule has 4 nitrogen and oxygen atoms in total. The molecular weight excluding hydrogens is 268 g/mol. The van der Waals surface area contributed by atoms with Crippen molar-refractivity contribution in [1.29, 1.82) is 0 Å². The van der Waals surface area contributed by atoms with Crippen molar-refractivity contribution in [3.8, 4) is 0 Å². The van der Waals surface area contributed by atoms with Gasteiger partial charge in [-0.15, -0.1) is 0 Å². The SMILES string of the molecule is O=C(Nc1ccccc1F)N1CC(O)(C(F)(F)F)C1. The summed E-state index contributed by atoms with van der Waals surface area (Å²) in [6.45, 7) is -1.73. The lowest BCUT2D eigenvalue weighted by atomic mass is 9.94. The first kappa shape index (κ1) is 13.6. The number of hydrogen-bond acceptors (Lipinski definition) is 2. The van der Waals surface area contributed by atoms with Gasteiger partial charge in [-0.1, -0.05) is 12.1 Å². The number of halogens is 4. The molecular formula is C11H10F4N2O2. The van der Waals surface area contributed by atoms with Gasteiger partial charge in [-0.3, -0.25) is 0 Å². The van der Waals surface area contributed by atoms with E-state index in [1.807, 2.05) is 0 Å². The third kappa shape index (κ3) is 2.48. The average Bonchev–Trinajstić information content (AvgIpc) is 2.26. The summed E-state index contributed by atoms with van der Waals surface area (Å²) >= 11 is 0. The van der Waals surface area contributed by atoms with E-state index in [2.05, 4.69) is 5.32 Å². The number of urea groups is 1. The molecule has 0 aliphatic carbocycles. The van der Waals surface area contributed by atoms with Crippen molar-refractivity contribution in [2.24, 2.45) is 0 Å². The lowest BCUT2D eigenvalue weighted by Crippen LogP contribution is -2.70. The van der Waals surface area contributed by atoms with Crippen LogP contribution >= 0.6 is 0 Å². The summed E-state index contributed by atoms with van der Waals surface area (Å²) in [5, 5.41) is 11.3. The first-order valence-corrected chi connectivity index (χ1v) is 5.32. The molecule has 0 aromatic heterocycles. The molecule has 2 N–H and O–H groups in total. The Kier molecular flexibility index (Phi) is 3.13. The van der Waals surface area contributed by atoms with Crippen LogP contribution in [0.15, 0.2) is 24.3 Å². The van der Waals surface area contributed by atoms with Gasteiger partial charge in [0.1, 0.15) is 5.82 Å². The van der Waals surface area contributed by atoms with Crippen molar-refractivity contribution in [2.75, 3.05) is 18.4 Å². The summed E-state index contributed by atoms with van der Waals surface area (Å²) in [4.78, 5) is 12.3. The minimum Gasteiger partial charge on any atom is -0.378 e. The fourth-order valence-corrected chi connectivity index (χ4v) is 1.66. The summed E-state index contributed by atoms with van der Waals surface area (Å²) < 4.78 is 50.2. The summed E-state index contributed by atoms with van der Waals surface area (Å²) in [6.07, 6.45) is -4.79. The second kappa shape index (κ2) is 4.37. The predicted octanol–water partition coefficient (Wildman–Crippen LogP) is 1.97. The van der Waals surface area contributed by atoms with Gasteiger partial charge in [-0.25, -0.2) is 9.18 Å². The molecule has 104 valence electrons. The summed E-state index contributed by atoms with van der Waals surface area (Å²) in [5.74, 6) is -0.692. The smallest absolute Gasteiger partial charge is 0.378 e. The minimum atomic E-state index is -4.79. The van der Waals surface area contributed by atoms with Crippen LogP contribution in [0, 0.1) is 5.82 Å². The number of para-hydroxylation sites is 1. The van der Waals surface area contributed by atoms with Gasteiger partial charge in [0.2, 0.25) is 0 Å². The third-order valence-corrected chi connectivity index (χ3v) is 2.84. The highest BCUT2D eigenvalue weighted by atomic mass is 19.4. The van der Waals surface area contributed by atoms with E-state index >= 15 is 0 Å². The molecule has 1 aromatic carbocycles. The van der Waals surface area contributed by atoms with E-state index in [0.29, 0.717) is 0 Å². The maximum atomic E-state index is 13.2. The average molecular weight is 278 g/mol. The second-order valence-corrected chi connectivity index (χ2v) is 4.30. The van der Waals surface area contributed by atoms with E-state index in [1.165, 1.54) is 18.2 Å². The number of nitrogens with one attached hydrogen (secondary N) is 1. The van der Waals surface area contributed by atoms with E-state index in [4.69, 9.17) is 5.11 Å². The van der Waals surface area contributed by atoms with Crippen molar-refractivity contribution in [3.63, 3.8) is 0 Å². The van der Waals surface area contributed by atoms with E-state index < -0.39 is 36.7 Å². The van der Waals surface area contributed by atoms with Crippen LogP contribution in [0.3, 0.4) is 0 Å². The van der Waals surface area contributed by atoms with Crippen LogP contribution in [-0.4, -0.2) is 40.9 Å². The Bertz CT molecular complexity index is 498. The van der Waals surface area contributed by atoms with Crippen LogP contribution in [0.2, 0.25) is 0 Å². The molecule has 0 radical (unpaired) electrons. The number of aliphatic hydroxyl groups is 1. The van der Waals surface area contributed by atoms with E-state index in [1.54, 1.807) is 0 Å². The van der Waals surface area contributed by atoms with Gasteiger partial charge in [-0.2, -0.15) is 13.2 Å². The van der Waals surface area contributed by atoms with Gasteiger partial charge in [0.15, 0.2) is 5.60 Å². The van der Waals surface area contributed by atoms with Gasteiger partial charge < -0.3 is 15.3 Å². The van der Waals surface area contributed by atoms with E-state index in [9.17, 15) is 22.4 Å². The Morgan fingerprint density at radius 1 is 1.32 bits per heavy atom. The number of carbonyl (C=O) groups excluding carboxylic acids is 1. The van der Waals surface area contributed by atoms with Crippen LogP contribution in [0.25, 0.3) is 0 Å². The van der Waals surface area contributed by atoms with Crippen LogP contribution < -0.4 is 5.32 Å². The summed E-state index contributed by atoms with van der Waals surface area (Å²) in [6, 6.07) is 4.39. The van der Waals surface area contributed by atoms with Crippen molar-refractivity contribution >= 4 is 11.7 Å². The van der Waals surface area contributed by atoms with Crippen molar-refractivity contribution in [2.45, 2.75) is 11.8 Å². The number of β-amino-alcohol motifs (C(OH)–C–C–N with tert-alkyl or cyclic N) is 1. The Labute approximate surface area is 105 Å². The highest BCUT2D eigenvalue weighted by Gasteiger charge is 2.62. The molecule has 1 aliphatic heterocycles. The number of nitrogens with zero attached hydrogens (tertiary/aromatic N) is 1. The van der Waals surface area contributed by atoms with Gasteiger partial charge in [0.25, 0.3) is 0 Å². The largest absolute Gasteiger partial charge is 0.420 e. The maximum Gasteiger partial charge on any atom is 0.420 e. The minimum absolute atomic E-state index is 0.130. The molecule has 0 unspecified atom stereocenters. The number of rotatable bonds is 1. The van der Waals surface area contributed by atoms with Crippen molar-refractivity contribution in [3.05, 3.63) is 30.1 Å². The standard InChI is InChI=1S/C11H10F4N2O2/c12-7-3-1-2-4-8(7)16-9(18)17-5-10(19,6-17)11(13,14)15/h1-4,19H,5-6H2,(H,16,18). The van der Waals surface area contributed by atoms with Crippen LogP contribution in [-0.2, 0) is 0 Å². The monoisotopic (exact) mass is 278 g/mol. The first-order valence-electron chi connectivity index (χ1n) is 5.32. The number of alkyl halides is 3. The number of amides is 2. The van der Waals surface area contributed by atoms with E-state index in [0.717, 1.165) is 11.0 Å². The Hall–Kier alpha value is -1.83. The van der Waals surface area contributed by atoms with Gasteiger partial charge in [0.05, 0.1) is 18.8 Å². The highest BCUT2D eigenvalue weighted by Crippen LogP contribution is 2.37. The molecule has 1 fully saturated rings. The molecule has 1 heterocycles. The number of benzene rings is 1. The molecule has 0 atom stereocenters. The van der Waals surface area contributed by atoms with Crippen LogP contribution in [0.4, 0.5) is 28.0 Å². The zero-order valence-electron chi connectivity index (χ0n) is 9.54. The predicted molar refractivity (Wildman–Crippen MR) is 58.0 cm³/mol. The van der Waals surface area contributed by atoms with Crippen LogP contribution in [0.1, 0.15) is 0 Å². The number of likely N-dealkylation sites (tertiary alicyclic amines) is 1. The first-order chi connectivity index (χ1) is 8.73. The number of anilines is 1. The van der Waals surface area contributed by atoms with E-state index in [-0.39, 0.29) is 5.69 Å². The molecule has 0 saturated carbocycles. The van der Waals surface area contributed by atoms with Gasteiger partial charge in [-0.05, 0) is 12.1 Å². The molecule has 19 heavy (non-hydrogen) atoms. The number of carbonyl (C=O) groups is 1. The summed E-state index contributed by atoms with van der Waals surface area (Å²) in [5.41, 5.74) is -3.01. The molecule has 0 spiro atoms. The van der Waals surface area contributed by atoms with Crippen molar-refractivity contribution < 1.29 is 27.5 Å². The highest BCUT2D eigenvalue weighted by molar-refractivity contribution is 5.90. The molecule has 1 saturated heterocycles. The fourth-order valence-electron chi connectivity index (χ4n) is 1.66. The summed E-state index contributed by atoms with van der Waals surface area (Å²) in [7, 11) is 0. The molecule has 1 aliphatic rings. The Morgan fingerprint density at radius 3 is 2.42 bits per heavy atom. The molecule has 8 heteroatoms. The van der Waals surface area contributed by atoms with Gasteiger partial charge in [0, 0.05) is 0 Å². The molecule has 2 rings (SSSR count). The zero-order chi connectivity index (χ0) is 14.3. The lowest BCUT2D eigenvalue weighted by molar-refractivity contribution is -0.293. The van der Waals surface area contributed by atoms with Crippen molar-refractivity contribution in [1.82, 2.24) is 4.90 Å². The normalized spacial score (nSPS) is 17.8.